The minimum atomic E-state index is -4.66. The first kappa shape index (κ1) is 46.1. The third kappa shape index (κ3) is 39.4. The maximum Gasteiger partial charge on any atom is 0.469 e. The van der Waals surface area contributed by atoms with Crippen molar-refractivity contribution in [3.05, 3.63) is 12.3 Å². The first-order valence-electron chi connectivity index (χ1n) is 20.0. The molecule has 47 heavy (non-hydrogen) atoms. The fourth-order valence-corrected chi connectivity index (χ4v) is 6.30. The molecule has 7 nitrogen and oxygen atoms in total. The second kappa shape index (κ2) is 36.4. The molecule has 0 fully saturated rings. The summed E-state index contributed by atoms with van der Waals surface area (Å²) >= 11 is 0. The summed E-state index contributed by atoms with van der Waals surface area (Å²) in [6.45, 7) is 4.13. The van der Waals surface area contributed by atoms with Crippen LogP contribution in [0.15, 0.2) is 12.3 Å². The van der Waals surface area contributed by atoms with Gasteiger partial charge in [-0.05, 0) is 25.3 Å². The highest BCUT2D eigenvalue weighted by atomic mass is 31.2. The van der Waals surface area contributed by atoms with Gasteiger partial charge in [-0.25, -0.2) is 4.57 Å². The van der Waals surface area contributed by atoms with Gasteiger partial charge < -0.3 is 19.3 Å². The van der Waals surface area contributed by atoms with Crippen LogP contribution in [-0.4, -0.2) is 35.1 Å². The molecule has 0 saturated carbocycles. The summed E-state index contributed by atoms with van der Waals surface area (Å²) in [5.74, 6) is -0.381. The summed E-state index contributed by atoms with van der Waals surface area (Å²) in [5.41, 5.74) is 0. The lowest BCUT2D eigenvalue weighted by Gasteiger charge is -2.18. The molecule has 1 atom stereocenters. The predicted octanol–water partition coefficient (Wildman–Crippen LogP) is 12.7. The molecule has 0 aliphatic rings. The predicted molar refractivity (Wildman–Crippen MR) is 197 cm³/mol. The Morgan fingerprint density at radius 3 is 1.30 bits per heavy atom. The number of carbonyl (C=O) groups excluding carboxylic acids is 1. The van der Waals surface area contributed by atoms with Crippen LogP contribution in [0.5, 0.6) is 0 Å². The van der Waals surface area contributed by atoms with E-state index in [1.54, 1.807) is 6.26 Å². The van der Waals surface area contributed by atoms with Crippen LogP contribution >= 0.6 is 7.82 Å². The number of hydrogen-bond acceptors (Lipinski definition) is 5. The van der Waals surface area contributed by atoms with Gasteiger partial charge in [0.1, 0.15) is 6.61 Å². The maximum absolute atomic E-state index is 12.4. The number of phosphoric ester groups is 1. The molecule has 0 rings (SSSR count). The molecular weight excluding hydrogens is 611 g/mol. The molecule has 280 valence electrons. The van der Waals surface area contributed by atoms with Crippen molar-refractivity contribution in [3.63, 3.8) is 0 Å². The maximum atomic E-state index is 12.4. The van der Waals surface area contributed by atoms with Gasteiger partial charge in [-0.2, -0.15) is 0 Å². The number of esters is 1. The Kier molecular flexibility index (Phi) is 35.7. The largest absolute Gasteiger partial charge is 0.498 e. The summed E-state index contributed by atoms with van der Waals surface area (Å²) in [5, 5.41) is 0. The molecule has 0 aromatic carbocycles. The Morgan fingerprint density at radius 1 is 0.553 bits per heavy atom. The Balaban J connectivity index is 3.82. The van der Waals surface area contributed by atoms with Crippen molar-refractivity contribution in [3.8, 4) is 0 Å². The highest BCUT2D eigenvalue weighted by molar-refractivity contribution is 7.46. The van der Waals surface area contributed by atoms with Crippen molar-refractivity contribution in [2.75, 3.05) is 13.2 Å². The van der Waals surface area contributed by atoms with E-state index >= 15 is 0 Å². The standard InChI is InChI=1S/C39H77O7P/c1-3-5-7-9-11-13-15-17-19-21-23-25-27-29-31-33-35-44-36-38(37-45-47(41,42)43)46-39(40)34-32-30-28-26-24-22-20-18-16-14-12-10-8-6-4-2/h33,35,38H,3-32,34,36-37H2,1-2H3,(H2,41,42,43)/b35-33-/t38-/m1/s1. The second-order valence-corrected chi connectivity index (χ2v) is 14.9. The normalized spacial score (nSPS) is 12.6. The average Bonchev–Trinajstić information content (AvgIpc) is 3.04. The summed E-state index contributed by atoms with van der Waals surface area (Å²) in [4.78, 5) is 30.5. The smallest absolute Gasteiger partial charge is 0.469 e. The van der Waals surface area contributed by atoms with E-state index < -0.39 is 20.5 Å². The second-order valence-electron chi connectivity index (χ2n) is 13.7. The van der Waals surface area contributed by atoms with Crippen molar-refractivity contribution in [2.45, 2.75) is 219 Å². The Hall–Kier alpha value is -0.880. The number of ether oxygens (including phenoxy) is 2. The van der Waals surface area contributed by atoms with Gasteiger partial charge in [-0.15, -0.1) is 0 Å². The zero-order valence-electron chi connectivity index (χ0n) is 30.9. The minimum absolute atomic E-state index is 0.000162. The highest BCUT2D eigenvalue weighted by Crippen LogP contribution is 2.36. The third-order valence-electron chi connectivity index (χ3n) is 8.91. The summed E-state index contributed by atoms with van der Waals surface area (Å²) < 4.78 is 26.7. The SMILES string of the molecule is CCCCCCCCCCCCCCCC/C=C\OC[C@H](COP(=O)(O)O)OC(=O)CCCCCCCCCCCCCCCCC. The van der Waals surface area contributed by atoms with E-state index in [2.05, 4.69) is 18.4 Å². The Bertz CT molecular complexity index is 724. The van der Waals surface area contributed by atoms with Crippen molar-refractivity contribution < 1.29 is 33.1 Å². The quantitative estimate of drug-likeness (QED) is 0.0288. The monoisotopic (exact) mass is 689 g/mol. The van der Waals surface area contributed by atoms with Gasteiger partial charge in [0.15, 0.2) is 6.10 Å². The molecule has 0 aromatic rings. The first-order chi connectivity index (χ1) is 22.9. The van der Waals surface area contributed by atoms with Crippen LogP contribution in [0.25, 0.3) is 0 Å². The van der Waals surface area contributed by atoms with Crippen LogP contribution < -0.4 is 0 Å². The fraction of sp³-hybridized carbons (Fsp3) is 0.923. The molecule has 2 N–H and O–H groups in total. The van der Waals surface area contributed by atoms with E-state index in [1.165, 1.54) is 161 Å². The van der Waals surface area contributed by atoms with Crippen molar-refractivity contribution >= 4 is 13.8 Å². The average molecular weight is 689 g/mol. The summed E-state index contributed by atoms with van der Waals surface area (Å²) in [7, 11) is -4.66. The molecule has 0 spiro atoms. The van der Waals surface area contributed by atoms with Crippen LogP contribution in [-0.2, 0) is 23.4 Å². The van der Waals surface area contributed by atoms with E-state index in [0.717, 1.165) is 32.1 Å². The molecule has 0 bridgehead atoms. The van der Waals surface area contributed by atoms with E-state index in [4.69, 9.17) is 19.3 Å². The van der Waals surface area contributed by atoms with Crippen molar-refractivity contribution in [2.24, 2.45) is 0 Å². The molecule has 0 radical (unpaired) electrons. The van der Waals surface area contributed by atoms with Crippen LogP contribution in [0.4, 0.5) is 0 Å². The van der Waals surface area contributed by atoms with Gasteiger partial charge in [0.25, 0.3) is 0 Å². The molecule has 0 unspecified atom stereocenters. The molecule has 0 aliphatic heterocycles. The minimum Gasteiger partial charge on any atom is -0.498 e. The van der Waals surface area contributed by atoms with Gasteiger partial charge in [-0.3, -0.25) is 9.32 Å². The summed E-state index contributed by atoms with van der Waals surface area (Å²) in [6.07, 6.45) is 41.5. The van der Waals surface area contributed by atoms with Gasteiger partial charge in [0, 0.05) is 6.42 Å². The number of rotatable bonds is 38. The molecule has 0 amide bonds. The third-order valence-corrected chi connectivity index (χ3v) is 9.40. The van der Waals surface area contributed by atoms with Crippen LogP contribution in [0.1, 0.15) is 213 Å². The molecule has 0 aromatic heterocycles. The van der Waals surface area contributed by atoms with E-state index in [9.17, 15) is 9.36 Å². The zero-order chi connectivity index (χ0) is 34.5. The molecule has 0 aliphatic carbocycles. The van der Waals surface area contributed by atoms with Crippen molar-refractivity contribution in [1.82, 2.24) is 0 Å². The number of phosphoric acid groups is 1. The molecule has 0 heterocycles. The Morgan fingerprint density at radius 2 is 0.915 bits per heavy atom. The van der Waals surface area contributed by atoms with E-state index in [0.29, 0.717) is 6.42 Å². The van der Waals surface area contributed by atoms with Gasteiger partial charge >= 0.3 is 13.8 Å². The lowest BCUT2D eigenvalue weighted by atomic mass is 10.0. The highest BCUT2D eigenvalue weighted by Gasteiger charge is 2.21. The van der Waals surface area contributed by atoms with Crippen molar-refractivity contribution in [1.29, 1.82) is 0 Å². The Labute approximate surface area is 291 Å². The lowest BCUT2D eigenvalue weighted by Crippen LogP contribution is -2.27. The van der Waals surface area contributed by atoms with Crippen LogP contribution in [0.2, 0.25) is 0 Å². The fourth-order valence-electron chi connectivity index (χ4n) is 5.94. The van der Waals surface area contributed by atoms with Gasteiger partial charge in [0.05, 0.1) is 12.9 Å². The summed E-state index contributed by atoms with van der Waals surface area (Å²) in [6, 6.07) is 0. The molecular formula is C39H77O7P. The van der Waals surface area contributed by atoms with Crippen LogP contribution in [0.3, 0.4) is 0 Å². The zero-order valence-corrected chi connectivity index (χ0v) is 31.8. The van der Waals surface area contributed by atoms with E-state index in [-0.39, 0.29) is 12.6 Å². The number of carbonyl (C=O) groups is 1. The van der Waals surface area contributed by atoms with E-state index in [1.807, 2.05) is 6.08 Å². The number of allylic oxidation sites excluding steroid dienone is 1. The number of hydrogen-bond donors (Lipinski definition) is 2. The topological polar surface area (TPSA) is 102 Å². The van der Waals surface area contributed by atoms with Gasteiger partial charge in [-0.1, -0.05) is 187 Å². The number of unbranched alkanes of at least 4 members (excludes halogenated alkanes) is 28. The van der Waals surface area contributed by atoms with Gasteiger partial charge in [0.2, 0.25) is 0 Å². The molecule has 0 saturated heterocycles. The van der Waals surface area contributed by atoms with Crippen LogP contribution in [0, 0.1) is 0 Å². The lowest BCUT2D eigenvalue weighted by molar-refractivity contribution is -0.153. The first-order valence-corrected chi connectivity index (χ1v) is 21.6. The molecule has 8 heteroatoms.